The molecule has 86 valence electrons. The van der Waals surface area contributed by atoms with Crippen LogP contribution in [0.5, 0.6) is 0 Å². The lowest BCUT2D eigenvalue weighted by molar-refractivity contribution is -0.130. The van der Waals surface area contributed by atoms with Crippen molar-refractivity contribution < 1.29 is 4.79 Å². The summed E-state index contributed by atoms with van der Waals surface area (Å²) in [5, 5.41) is 0. The van der Waals surface area contributed by atoms with Gasteiger partial charge in [0.25, 0.3) is 0 Å². The van der Waals surface area contributed by atoms with Gasteiger partial charge in [-0.25, -0.2) is 0 Å². The predicted octanol–water partition coefficient (Wildman–Crippen LogP) is 3.00. The van der Waals surface area contributed by atoms with E-state index in [0.29, 0.717) is 12.3 Å². The Morgan fingerprint density at radius 2 is 1.81 bits per heavy atom. The minimum atomic E-state index is 0.306. The van der Waals surface area contributed by atoms with Crippen LogP contribution in [0.15, 0.2) is 28.7 Å². The third kappa shape index (κ3) is 3.08. The highest BCUT2D eigenvalue weighted by atomic mass is 79.9. The van der Waals surface area contributed by atoms with Crippen LogP contribution in [-0.4, -0.2) is 23.9 Å². The van der Waals surface area contributed by atoms with Crippen molar-refractivity contribution in [1.82, 2.24) is 4.90 Å². The summed E-state index contributed by atoms with van der Waals surface area (Å²) in [5.74, 6) is 0.306. The van der Waals surface area contributed by atoms with Gasteiger partial charge in [-0.05, 0) is 37.0 Å². The Morgan fingerprint density at radius 3 is 2.44 bits per heavy atom. The largest absolute Gasteiger partial charge is 0.343 e. The number of carbonyl (C=O) groups excluding carboxylic acids is 1. The zero-order valence-electron chi connectivity index (χ0n) is 9.29. The summed E-state index contributed by atoms with van der Waals surface area (Å²) in [6.07, 6.45) is 3.83. The molecule has 3 heteroatoms. The molecule has 1 heterocycles. The molecule has 1 aromatic rings. The number of likely N-dealkylation sites (tertiary alicyclic amines) is 1. The maximum atomic E-state index is 11.8. The van der Waals surface area contributed by atoms with E-state index in [1.54, 1.807) is 0 Å². The third-order valence-corrected chi connectivity index (χ3v) is 3.53. The maximum Gasteiger partial charge on any atom is 0.222 e. The molecule has 2 rings (SSSR count). The van der Waals surface area contributed by atoms with Gasteiger partial charge in [0.1, 0.15) is 0 Å². The molecule has 1 saturated heterocycles. The zero-order valence-corrected chi connectivity index (χ0v) is 10.9. The van der Waals surface area contributed by atoms with Crippen molar-refractivity contribution in [3.05, 3.63) is 34.3 Å². The molecule has 0 aromatic heterocycles. The van der Waals surface area contributed by atoms with Gasteiger partial charge >= 0.3 is 0 Å². The maximum absolute atomic E-state index is 11.8. The van der Waals surface area contributed by atoms with Crippen LogP contribution in [-0.2, 0) is 11.2 Å². The van der Waals surface area contributed by atoms with Gasteiger partial charge in [0.05, 0.1) is 0 Å². The van der Waals surface area contributed by atoms with E-state index < -0.39 is 0 Å². The predicted molar refractivity (Wildman–Crippen MR) is 68.3 cm³/mol. The third-order valence-electron chi connectivity index (χ3n) is 3.00. The van der Waals surface area contributed by atoms with Crippen molar-refractivity contribution in [2.24, 2.45) is 0 Å². The smallest absolute Gasteiger partial charge is 0.222 e. The van der Waals surface area contributed by atoms with E-state index in [1.165, 1.54) is 18.4 Å². The minimum absolute atomic E-state index is 0.306. The first-order chi connectivity index (χ1) is 7.75. The summed E-state index contributed by atoms with van der Waals surface area (Å²) >= 11 is 3.40. The van der Waals surface area contributed by atoms with Crippen molar-refractivity contribution in [1.29, 1.82) is 0 Å². The summed E-state index contributed by atoms with van der Waals surface area (Å²) in [7, 11) is 0. The standard InChI is InChI=1S/C13H16BrNO/c14-12-6-3-11(4-7-12)5-8-13(16)15-9-1-2-10-15/h3-4,6-7H,1-2,5,8-10H2. The van der Waals surface area contributed by atoms with E-state index >= 15 is 0 Å². The lowest BCUT2D eigenvalue weighted by atomic mass is 10.1. The molecule has 0 unspecified atom stereocenters. The van der Waals surface area contributed by atoms with Crippen molar-refractivity contribution in [3.8, 4) is 0 Å². The second kappa shape index (κ2) is 5.48. The van der Waals surface area contributed by atoms with E-state index in [-0.39, 0.29) is 0 Å². The van der Waals surface area contributed by atoms with E-state index in [4.69, 9.17) is 0 Å². The number of hydrogen-bond donors (Lipinski definition) is 0. The van der Waals surface area contributed by atoms with Crippen LogP contribution in [0.3, 0.4) is 0 Å². The number of aryl methyl sites for hydroxylation is 1. The summed E-state index contributed by atoms with van der Waals surface area (Å²) in [4.78, 5) is 13.8. The monoisotopic (exact) mass is 281 g/mol. The average Bonchev–Trinajstić information content (AvgIpc) is 2.81. The number of halogens is 1. The highest BCUT2D eigenvalue weighted by Gasteiger charge is 2.17. The Balaban J connectivity index is 1.82. The van der Waals surface area contributed by atoms with Crippen LogP contribution >= 0.6 is 15.9 Å². The lowest BCUT2D eigenvalue weighted by Crippen LogP contribution is -2.27. The summed E-state index contributed by atoms with van der Waals surface area (Å²) in [6.45, 7) is 1.92. The number of nitrogens with zero attached hydrogens (tertiary/aromatic N) is 1. The van der Waals surface area contributed by atoms with Crippen LogP contribution in [0.2, 0.25) is 0 Å². The first kappa shape index (κ1) is 11.6. The Morgan fingerprint density at radius 1 is 1.19 bits per heavy atom. The van der Waals surface area contributed by atoms with Crippen molar-refractivity contribution in [2.75, 3.05) is 13.1 Å². The Labute approximate surface area is 105 Å². The molecule has 0 spiro atoms. The highest BCUT2D eigenvalue weighted by molar-refractivity contribution is 9.10. The van der Waals surface area contributed by atoms with Crippen LogP contribution in [0.4, 0.5) is 0 Å². The Bertz CT molecular complexity index is 355. The molecule has 0 aliphatic carbocycles. The van der Waals surface area contributed by atoms with Gasteiger partial charge in [-0.2, -0.15) is 0 Å². The van der Waals surface area contributed by atoms with Crippen LogP contribution < -0.4 is 0 Å². The molecule has 0 bridgehead atoms. The van der Waals surface area contributed by atoms with E-state index in [2.05, 4.69) is 28.1 Å². The van der Waals surface area contributed by atoms with Gasteiger partial charge < -0.3 is 4.90 Å². The molecule has 1 aliphatic heterocycles. The normalized spacial score (nSPS) is 15.4. The molecule has 1 amide bonds. The molecule has 1 aliphatic rings. The number of amides is 1. The Hall–Kier alpha value is -0.830. The molecule has 0 saturated carbocycles. The minimum Gasteiger partial charge on any atom is -0.343 e. The average molecular weight is 282 g/mol. The number of rotatable bonds is 3. The molecule has 1 aromatic carbocycles. The summed E-state index contributed by atoms with van der Waals surface area (Å²) < 4.78 is 1.09. The molecule has 2 nitrogen and oxygen atoms in total. The molecular weight excluding hydrogens is 266 g/mol. The van der Waals surface area contributed by atoms with Crippen LogP contribution in [0, 0.1) is 0 Å². The quantitative estimate of drug-likeness (QED) is 0.834. The number of hydrogen-bond acceptors (Lipinski definition) is 1. The molecular formula is C13H16BrNO. The van der Waals surface area contributed by atoms with Gasteiger partial charge in [-0.3, -0.25) is 4.79 Å². The molecule has 0 atom stereocenters. The fourth-order valence-electron chi connectivity index (χ4n) is 2.03. The number of carbonyl (C=O) groups is 1. The first-order valence-electron chi connectivity index (χ1n) is 5.78. The number of benzene rings is 1. The highest BCUT2D eigenvalue weighted by Crippen LogP contribution is 2.14. The van der Waals surface area contributed by atoms with E-state index in [1.807, 2.05) is 17.0 Å². The van der Waals surface area contributed by atoms with Crippen LogP contribution in [0.1, 0.15) is 24.8 Å². The van der Waals surface area contributed by atoms with E-state index in [0.717, 1.165) is 24.0 Å². The van der Waals surface area contributed by atoms with Crippen molar-refractivity contribution >= 4 is 21.8 Å². The summed E-state index contributed by atoms with van der Waals surface area (Å²) in [5.41, 5.74) is 1.23. The van der Waals surface area contributed by atoms with Gasteiger partial charge in [0.15, 0.2) is 0 Å². The summed E-state index contributed by atoms with van der Waals surface area (Å²) in [6, 6.07) is 8.19. The fourth-order valence-corrected chi connectivity index (χ4v) is 2.29. The van der Waals surface area contributed by atoms with Gasteiger partial charge in [0.2, 0.25) is 5.91 Å². The molecule has 0 radical (unpaired) electrons. The second-order valence-electron chi connectivity index (χ2n) is 4.21. The van der Waals surface area contributed by atoms with Crippen molar-refractivity contribution in [2.45, 2.75) is 25.7 Å². The van der Waals surface area contributed by atoms with Crippen LogP contribution in [0.25, 0.3) is 0 Å². The first-order valence-corrected chi connectivity index (χ1v) is 6.57. The van der Waals surface area contributed by atoms with Gasteiger partial charge in [-0.15, -0.1) is 0 Å². The van der Waals surface area contributed by atoms with Crippen molar-refractivity contribution in [3.63, 3.8) is 0 Å². The fraction of sp³-hybridized carbons (Fsp3) is 0.462. The topological polar surface area (TPSA) is 20.3 Å². The second-order valence-corrected chi connectivity index (χ2v) is 5.13. The molecule has 16 heavy (non-hydrogen) atoms. The van der Waals surface area contributed by atoms with Gasteiger partial charge in [0, 0.05) is 24.0 Å². The Kier molecular flexibility index (Phi) is 3.99. The SMILES string of the molecule is O=C(CCc1ccc(Br)cc1)N1CCCC1. The van der Waals surface area contributed by atoms with Gasteiger partial charge in [-0.1, -0.05) is 28.1 Å². The lowest BCUT2D eigenvalue weighted by Gasteiger charge is -2.14. The zero-order chi connectivity index (χ0) is 11.4. The molecule has 0 N–H and O–H groups in total. The molecule has 1 fully saturated rings. The van der Waals surface area contributed by atoms with E-state index in [9.17, 15) is 4.79 Å².